The summed E-state index contributed by atoms with van der Waals surface area (Å²) in [5, 5.41) is 3.30. The number of aromatic nitrogens is 3. The highest BCUT2D eigenvalue weighted by atomic mass is 16.5. The van der Waals surface area contributed by atoms with E-state index in [1.54, 1.807) is 55.4 Å². The van der Waals surface area contributed by atoms with Gasteiger partial charge in [0.15, 0.2) is 5.65 Å². The molecule has 4 aromatic rings. The van der Waals surface area contributed by atoms with Gasteiger partial charge in [-0.2, -0.15) is 0 Å². The molecular weight excluding hydrogens is 408 g/mol. The summed E-state index contributed by atoms with van der Waals surface area (Å²) in [6.45, 7) is 3.88. The Labute approximate surface area is 185 Å². The van der Waals surface area contributed by atoms with Gasteiger partial charge in [0.05, 0.1) is 25.3 Å². The van der Waals surface area contributed by atoms with E-state index in [4.69, 9.17) is 9.47 Å². The van der Waals surface area contributed by atoms with E-state index >= 15 is 0 Å². The van der Waals surface area contributed by atoms with Gasteiger partial charge in [-0.3, -0.25) is 14.3 Å². The van der Waals surface area contributed by atoms with E-state index in [-0.39, 0.29) is 18.0 Å². The van der Waals surface area contributed by atoms with E-state index in [0.29, 0.717) is 33.9 Å². The average molecular weight is 432 g/mol. The minimum atomic E-state index is -0.319. The molecule has 0 aliphatic carbocycles. The smallest absolute Gasteiger partial charge is 0.280 e. The fourth-order valence-electron chi connectivity index (χ4n) is 3.56. The minimum absolute atomic E-state index is 0.109. The van der Waals surface area contributed by atoms with E-state index in [0.717, 1.165) is 11.1 Å². The molecule has 2 heterocycles. The number of carbonyl (C=O) groups is 1. The maximum absolute atomic E-state index is 13.2. The topological polar surface area (TPSA) is 87.4 Å². The predicted molar refractivity (Wildman–Crippen MR) is 123 cm³/mol. The lowest BCUT2D eigenvalue weighted by molar-refractivity contribution is -0.116. The van der Waals surface area contributed by atoms with Crippen molar-refractivity contribution < 1.29 is 14.3 Å². The van der Waals surface area contributed by atoms with Gasteiger partial charge in [-0.05, 0) is 49.2 Å². The van der Waals surface area contributed by atoms with Gasteiger partial charge in [-0.15, -0.1) is 0 Å². The normalized spacial score (nSPS) is 10.9. The predicted octanol–water partition coefficient (Wildman–Crippen LogP) is 3.46. The molecule has 2 aromatic carbocycles. The number of hydrogen-bond donors (Lipinski definition) is 1. The molecular formula is C24H24N4O4. The van der Waals surface area contributed by atoms with Crippen LogP contribution >= 0.6 is 0 Å². The van der Waals surface area contributed by atoms with Gasteiger partial charge in [0.2, 0.25) is 5.91 Å². The molecule has 0 radical (unpaired) electrons. The Morgan fingerprint density at radius 3 is 2.38 bits per heavy atom. The van der Waals surface area contributed by atoms with Crippen molar-refractivity contribution in [2.75, 3.05) is 19.5 Å². The maximum Gasteiger partial charge on any atom is 0.280 e. The molecule has 4 rings (SSSR count). The summed E-state index contributed by atoms with van der Waals surface area (Å²) < 4.78 is 13.6. The van der Waals surface area contributed by atoms with Crippen LogP contribution in [-0.2, 0) is 11.3 Å². The van der Waals surface area contributed by atoms with Gasteiger partial charge in [-0.25, -0.2) is 9.67 Å². The molecule has 0 aliphatic rings. The fraction of sp³-hybridized carbons (Fsp3) is 0.208. The van der Waals surface area contributed by atoms with Crippen molar-refractivity contribution in [2.45, 2.75) is 20.4 Å². The van der Waals surface area contributed by atoms with E-state index in [9.17, 15) is 9.59 Å². The first-order valence-corrected chi connectivity index (χ1v) is 10.1. The molecule has 0 atom stereocenters. The van der Waals surface area contributed by atoms with Crippen molar-refractivity contribution in [3.8, 4) is 17.2 Å². The highest BCUT2D eigenvalue weighted by molar-refractivity contribution is 5.92. The van der Waals surface area contributed by atoms with Crippen LogP contribution in [0.25, 0.3) is 16.7 Å². The van der Waals surface area contributed by atoms with Crippen LogP contribution in [0.1, 0.15) is 11.1 Å². The monoisotopic (exact) mass is 432 g/mol. The highest BCUT2D eigenvalue weighted by Gasteiger charge is 2.18. The first-order chi connectivity index (χ1) is 15.4. The van der Waals surface area contributed by atoms with E-state index < -0.39 is 0 Å². The number of ether oxygens (including phenoxy) is 2. The second-order valence-corrected chi connectivity index (χ2v) is 7.47. The van der Waals surface area contributed by atoms with Crippen molar-refractivity contribution >= 4 is 22.6 Å². The molecule has 0 fully saturated rings. The number of amides is 1. The van der Waals surface area contributed by atoms with Crippen molar-refractivity contribution in [3.63, 3.8) is 0 Å². The van der Waals surface area contributed by atoms with Gasteiger partial charge in [-0.1, -0.05) is 6.07 Å². The molecule has 1 N–H and O–H groups in total. The summed E-state index contributed by atoms with van der Waals surface area (Å²) in [5.41, 5.74) is 3.57. The maximum atomic E-state index is 13.2. The molecule has 0 saturated carbocycles. The van der Waals surface area contributed by atoms with Crippen LogP contribution in [0.2, 0.25) is 0 Å². The number of benzene rings is 2. The quantitative estimate of drug-likeness (QED) is 0.504. The highest BCUT2D eigenvalue weighted by Crippen LogP contribution is 2.26. The number of pyridine rings is 1. The summed E-state index contributed by atoms with van der Waals surface area (Å²) in [6, 6.07) is 14.3. The van der Waals surface area contributed by atoms with Crippen LogP contribution < -0.4 is 20.3 Å². The average Bonchev–Trinajstić information content (AvgIpc) is 3.07. The summed E-state index contributed by atoms with van der Waals surface area (Å²) >= 11 is 0. The van der Waals surface area contributed by atoms with Crippen molar-refractivity contribution in [3.05, 3.63) is 76.2 Å². The standard InChI is InChI=1S/C24H24N4O4/c1-15-7-8-18(10-16(15)2)28-24(30)21-6-5-9-25-23(21)27(28)14-22(29)26-17-11-19(31-3)13-20(12-17)32-4/h5-13H,14H2,1-4H3,(H,26,29). The number of aryl methyl sites for hydroxylation is 2. The second kappa shape index (κ2) is 8.58. The molecule has 0 aliphatic heterocycles. The van der Waals surface area contributed by atoms with E-state index in [1.165, 1.54) is 4.68 Å². The number of methoxy groups -OCH3 is 2. The van der Waals surface area contributed by atoms with Gasteiger partial charge >= 0.3 is 0 Å². The number of hydrogen-bond acceptors (Lipinski definition) is 5. The van der Waals surface area contributed by atoms with Gasteiger partial charge < -0.3 is 14.8 Å². The molecule has 164 valence electrons. The SMILES string of the molecule is COc1cc(NC(=O)Cn2c3ncccc3c(=O)n2-c2ccc(C)c(C)c2)cc(OC)c1. The third kappa shape index (κ3) is 3.94. The summed E-state index contributed by atoms with van der Waals surface area (Å²) in [5.74, 6) is 0.792. The number of rotatable bonds is 6. The third-order valence-corrected chi connectivity index (χ3v) is 5.36. The Balaban J connectivity index is 1.75. The zero-order chi connectivity index (χ0) is 22.8. The van der Waals surface area contributed by atoms with Gasteiger partial charge in [0.25, 0.3) is 5.56 Å². The second-order valence-electron chi connectivity index (χ2n) is 7.47. The molecule has 8 heteroatoms. The van der Waals surface area contributed by atoms with Crippen molar-refractivity contribution in [2.24, 2.45) is 0 Å². The molecule has 0 saturated heterocycles. The summed E-state index contributed by atoms with van der Waals surface area (Å²) in [4.78, 5) is 30.5. The number of nitrogens with zero attached hydrogens (tertiary/aromatic N) is 3. The largest absolute Gasteiger partial charge is 0.497 e. The van der Waals surface area contributed by atoms with Gasteiger partial charge in [0, 0.05) is 30.1 Å². The van der Waals surface area contributed by atoms with Crippen LogP contribution in [0.4, 0.5) is 5.69 Å². The van der Waals surface area contributed by atoms with E-state index in [1.807, 2.05) is 32.0 Å². The zero-order valence-electron chi connectivity index (χ0n) is 18.4. The molecule has 8 nitrogen and oxygen atoms in total. The third-order valence-electron chi connectivity index (χ3n) is 5.36. The number of anilines is 1. The number of carbonyl (C=O) groups excluding carboxylic acids is 1. The minimum Gasteiger partial charge on any atom is -0.497 e. The summed E-state index contributed by atoms with van der Waals surface area (Å²) in [6.07, 6.45) is 1.60. The van der Waals surface area contributed by atoms with Crippen molar-refractivity contribution in [1.29, 1.82) is 0 Å². The Bertz CT molecular complexity index is 1350. The Kier molecular flexibility index (Phi) is 5.68. The molecule has 1 amide bonds. The van der Waals surface area contributed by atoms with Crippen molar-refractivity contribution in [1.82, 2.24) is 14.3 Å². The van der Waals surface area contributed by atoms with Crippen LogP contribution in [0.5, 0.6) is 11.5 Å². The van der Waals surface area contributed by atoms with Crippen LogP contribution in [0.3, 0.4) is 0 Å². The molecule has 32 heavy (non-hydrogen) atoms. The lowest BCUT2D eigenvalue weighted by atomic mass is 10.1. The fourth-order valence-corrected chi connectivity index (χ4v) is 3.56. The van der Waals surface area contributed by atoms with Crippen LogP contribution in [-0.4, -0.2) is 34.5 Å². The molecule has 2 aromatic heterocycles. The summed E-state index contributed by atoms with van der Waals surface area (Å²) in [7, 11) is 3.08. The molecule has 0 unspecified atom stereocenters. The zero-order valence-corrected chi connectivity index (χ0v) is 18.4. The van der Waals surface area contributed by atoms with Gasteiger partial charge in [0.1, 0.15) is 18.0 Å². The lowest BCUT2D eigenvalue weighted by Gasteiger charge is -2.14. The van der Waals surface area contributed by atoms with E-state index in [2.05, 4.69) is 10.3 Å². The first-order valence-electron chi connectivity index (χ1n) is 10.1. The number of fused-ring (bicyclic) bond motifs is 1. The Morgan fingerprint density at radius 2 is 1.72 bits per heavy atom. The first kappa shape index (κ1) is 21.2. The Hall–Kier alpha value is -4.07. The lowest BCUT2D eigenvalue weighted by Crippen LogP contribution is -2.27. The molecule has 0 spiro atoms. The van der Waals surface area contributed by atoms with Crippen LogP contribution in [0.15, 0.2) is 59.5 Å². The Morgan fingerprint density at radius 1 is 1.00 bits per heavy atom. The number of nitrogens with one attached hydrogen (secondary N) is 1. The van der Waals surface area contributed by atoms with Crippen LogP contribution in [0, 0.1) is 13.8 Å². The molecule has 0 bridgehead atoms.